The summed E-state index contributed by atoms with van der Waals surface area (Å²) in [5.74, 6) is -0.144. The Morgan fingerprint density at radius 3 is 3.05 bits per heavy atom. The lowest BCUT2D eigenvalue weighted by Gasteiger charge is -2.22. The maximum atomic E-state index is 14.0. The minimum absolute atomic E-state index is 0.0283. The Morgan fingerprint density at radius 1 is 1.53 bits per heavy atom. The van der Waals surface area contributed by atoms with E-state index in [-0.39, 0.29) is 18.0 Å². The quantitative estimate of drug-likeness (QED) is 0.844. The monoisotopic (exact) mass is 329 g/mol. The molecular formula is C15H21BrFNO. The van der Waals surface area contributed by atoms with E-state index in [2.05, 4.69) is 28.2 Å². The van der Waals surface area contributed by atoms with Crippen LogP contribution in [0.2, 0.25) is 0 Å². The van der Waals surface area contributed by atoms with Crippen LogP contribution < -0.4 is 5.32 Å². The molecule has 1 saturated heterocycles. The maximum absolute atomic E-state index is 14.0. The Morgan fingerprint density at radius 2 is 2.37 bits per heavy atom. The number of rotatable bonds is 6. The molecule has 1 fully saturated rings. The summed E-state index contributed by atoms with van der Waals surface area (Å²) in [6.07, 6.45) is 4.34. The lowest BCUT2D eigenvalue weighted by atomic mass is 9.98. The summed E-state index contributed by atoms with van der Waals surface area (Å²) >= 11 is 3.42. The first-order chi connectivity index (χ1) is 9.20. The molecule has 1 aliphatic heterocycles. The molecule has 106 valence electrons. The highest BCUT2D eigenvalue weighted by molar-refractivity contribution is 9.10. The summed E-state index contributed by atoms with van der Waals surface area (Å²) in [7, 11) is 0. The zero-order valence-corrected chi connectivity index (χ0v) is 12.9. The molecule has 1 aromatic carbocycles. The SMILES string of the molecule is CCCNC(CC1CCCO1)c1cc(Br)ccc1F. The maximum Gasteiger partial charge on any atom is 0.128 e. The molecule has 1 heterocycles. The van der Waals surface area contributed by atoms with Crippen molar-refractivity contribution in [1.29, 1.82) is 0 Å². The summed E-state index contributed by atoms with van der Waals surface area (Å²) in [6, 6.07) is 5.16. The van der Waals surface area contributed by atoms with Crippen molar-refractivity contribution in [3.05, 3.63) is 34.1 Å². The highest BCUT2D eigenvalue weighted by Crippen LogP contribution is 2.28. The van der Waals surface area contributed by atoms with Crippen molar-refractivity contribution in [3.8, 4) is 0 Å². The van der Waals surface area contributed by atoms with E-state index in [0.29, 0.717) is 0 Å². The van der Waals surface area contributed by atoms with E-state index >= 15 is 0 Å². The lowest BCUT2D eigenvalue weighted by molar-refractivity contribution is 0.0942. The fourth-order valence-electron chi connectivity index (χ4n) is 2.51. The van der Waals surface area contributed by atoms with Gasteiger partial charge in [0.1, 0.15) is 5.82 Å². The second-order valence-electron chi connectivity index (χ2n) is 5.04. The first-order valence-corrected chi connectivity index (χ1v) is 7.80. The molecule has 2 rings (SSSR count). The summed E-state index contributed by atoms with van der Waals surface area (Å²) in [5, 5.41) is 3.44. The van der Waals surface area contributed by atoms with E-state index in [1.807, 2.05) is 6.07 Å². The molecule has 0 saturated carbocycles. The summed E-state index contributed by atoms with van der Waals surface area (Å²) in [5.41, 5.74) is 0.735. The van der Waals surface area contributed by atoms with Crippen molar-refractivity contribution in [2.75, 3.05) is 13.2 Å². The molecule has 0 amide bonds. The Kier molecular flexibility index (Phi) is 5.79. The molecule has 0 radical (unpaired) electrons. The Hall–Kier alpha value is -0.450. The van der Waals surface area contributed by atoms with Crippen LogP contribution in [0.4, 0.5) is 4.39 Å². The topological polar surface area (TPSA) is 21.3 Å². The lowest BCUT2D eigenvalue weighted by Crippen LogP contribution is -2.27. The molecule has 4 heteroatoms. The largest absolute Gasteiger partial charge is 0.378 e. The summed E-state index contributed by atoms with van der Waals surface area (Å²) in [6.45, 7) is 3.85. The predicted octanol–water partition coefficient (Wildman–Crippen LogP) is 4.20. The molecule has 19 heavy (non-hydrogen) atoms. The van der Waals surface area contributed by atoms with Gasteiger partial charge >= 0.3 is 0 Å². The smallest absolute Gasteiger partial charge is 0.128 e. The highest BCUT2D eigenvalue weighted by Gasteiger charge is 2.23. The van der Waals surface area contributed by atoms with E-state index in [4.69, 9.17) is 4.74 Å². The first-order valence-electron chi connectivity index (χ1n) is 7.00. The molecule has 2 atom stereocenters. The van der Waals surface area contributed by atoms with Crippen LogP contribution in [0.25, 0.3) is 0 Å². The molecule has 0 aromatic heterocycles. The van der Waals surface area contributed by atoms with Crippen molar-refractivity contribution in [3.63, 3.8) is 0 Å². The molecule has 1 N–H and O–H groups in total. The third-order valence-electron chi connectivity index (χ3n) is 3.50. The standard InChI is InChI=1S/C15H21BrFNO/c1-2-7-18-15(10-12-4-3-8-19-12)13-9-11(16)5-6-14(13)17/h5-6,9,12,15,18H,2-4,7-8,10H2,1H3. The van der Waals surface area contributed by atoms with Gasteiger partial charge in [0, 0.05) is 22.7 Å². The fraction of sp³-hybridized carbons (Fsp3) is 0.600. The molecule has 1 aliphatic rings. The number of hydrogen-bond acceptors (Lipinski definition) is 2. The van der Waals surface area contributed by atoms with Gasteiger partial charge in [0.2, 0.25) is 0 Å². The van der Waals surface area contributed by atoms with Gasteiger partial charge in [0.25, 0.3) is 0 Å². The third-order valence-corrected chi connectivity index (χ3v) is 3.99. The molecule has 2 unspecified atom stereocenters. The zero-order chi connectivity index (χ0) is 13.7. The van der Waals surface area contributed by atoms with Gasteiger partial charge in [-0.1, -0.05) is 22.9 Å². The van der Waals surface area contributed by atoms with Crippen LogP contribution in [0, 0.1) is 5.82 Å². The van der Waals surface area contributed by atoms with Gasteiger partial charge in [-0.15, -0.1) is 0 Å². The Balaban J connectivity index is 2.12. The highest BCUT2D eigenvalue weighted by atomic mass is 79.9. The minimum Gasteiger partial charge on any atom is -0.378 e. The van der Waals surface area contributed by atoms with Crippen LogP contribution in [0.15, 0.2) is 22.7 Å². The van der Waals surface area contributed by atoms with Crippen LogP contribution in [0.1, 0.15) is 44.2 Å². The second kappa shape index (κ2) is 7.36. The van der Waals surface area contributed by atoms with Crippen LogP contribution >= 0.6 is 15.9 Å². The van der Waals surface area contributed by atoms with Crippen molar-refractivity contribution < 1.29 is 9.13 Å². The summed E-state index contributed by atoms with van der Waals surface area (Å²) < 4.78 is 20.6. The Labute approximate surface area is 122 Å². The number of nitrogens with one attached hydrogen (secondary N) is 1. The second-order valence-corrected chi connectivity index (χ2v) is 5.96. The van der Waals surface area contributed by atoms with Crippen LogP contribution in [0.3, 0.4) is 0 Å². The van der Waals surface area contributed by atoms with Crippen LogP contribution in [-0.4, -0.2) is 19.3 Å². The van der Waals surface area contributed by atoms with E-state index in [1.165, 1.54) is 6.07 Å². The number of ether oxygens (including phenoxy) is 1. The number of benzene rings is 1. The van der Waals surface area contributed by atoms with Gasteiger partial charge in [0.15, 0.2) is 0 Å². The van der Waals surface area contributed by atoms with Crippen LogP contribution in [-0.2, 0) is 4.74 Å². The van der Waals surface area contributed by atoms with Gasteiger partial charge in [-0.25, -0.2) is 4.39 Å². The van der Waals surface area contributed by atoms with E-state index < -0.39 is 0 Å². The van der Waals surface area contributed by atoms with Gasteiger partial charge in [-0.2, -0.15) is 0 Å². The predicted molar refractivity (Wildman–Crippen MR) is 78.7 cm³/mol. The van der Waals surface area contributed by atoms with Crippen molar-refractivity contribution >= 4 is 15.9 Å². The molecule has 2 nitrogen and oxygen atoms in total. The number of halogens is 2. The Bertz CT molecular complexity index is 407. The first kappa shape index (κ1) is 14.9. The molecule has 0 spiro atoms. The number of hydrogen-bond donors (Lipinski definition) is 1. The van der Waals surface area contributed by atoms with E-state index in [9.17, 15) is 4.39 Å². The third kappa shape index (κ3) is 4.26. The molecular weight excluding hydrogens is 309 g/mol. The van der Waals surface area contributed by atoms with Crippen molar-refractivity contribution in [1.82, 2.24) is 5.32 Å². The minimum atomic E-state index is -0.144. The normalized spacial score (nSPS) is 20.7. The van der Waals surface area contributed by atoms with Crippen LogP contribution in [0.5, 0.6) is 0 Å². The van der Waals surface area contributed by atoms with Crippen molar-refractivity contribution in [2.45, 2.75) is 44.8 Å². The summed E-state index contributed by atoms with van der Waals surface area (Å²) in [4.78, 5) is 0. The van der Waals surface area contributed by atoms with Gasteiger partial charge < -0.3 is 10.1 Å². The molecule has 0 bridgehead atoms. The van der Waals surface area contributed by atoms with E-state index in [1.54, 1.807) is 6.07 Å². The molecule has 0 aliphatic carbocycles. The fourth-order valence-corrected chi connectivity index (χ4v) is 2.89. The van der Waals surface area contributed by atoms with E-state index in [0.717, 1.165) is 48.9 Å². The van der Waals surface area contributed by atoms with Gasteiger partial charge in [-0.05, 0) is 50.4 Å². The zero-order valence-electron chi connectivity index (χ0n) is 11.3. The van der Waals surface area contributed by atoms with Gasteiger partial charge in [0.05, 0.1) is 6.10 Å². The van der Waals surface area contributed by atoms with Crippen molar-refractivity contribution in [2.24, 2.45) is 0 Å². The average Bonchev–Trinajstić information content (AvgIpc) is 2.90. The average molecular weight is 330 g/mol. The molecule has 1 aromatic rings. The van der Waals surface area contributed by atoms with Gasteiger partial charge in [-0.3, -0.25) is 0 Å².